The highest BCUT2D eigenvalue weighted by Gasteiger charge is 2.19. The van der Waals surface area contributed by atoms with Crippen molar-refractivity contribution in [1.29, 1.82) is 0 Å². The van der Waals surface area contributed by atoms with Gasteiger partial charge in [-0.05, 0) is 12.8 Å². The number of anilines is 1. The van der Waals surface area contributed by atoms with E-state index >= 15 is 0 Å². The second kappa shape index (κ2) is 5.32. The Bertz CT molecular complexity index is 318. The summed E-state index contributed by atoms with van der Waals surface area (Å²) in [5, 5.41) is 0. The van der Waals surface area contributed by atoms with Gasteiger partial charge < -0.3 is 19.9 Å². The fraction of sp³-hybridized carbons (Fsp3) is 0.727. The highest BCUT2D eigenvalue weighted by Crippen LogP contribution is 2.17. The molecule has 2 rings (SSSR count). The Hall–Kier alpha value is -1.07. The van der Waals surface area contributed by atoms with E-state index in [9.17, 15) is 0 Å². The van der Waals surface area contributed by atoms with E-state index in [2.05, 4.69) is 14.5 Å². The molecule has 0 unspecified atom stereocenters. The largest absolute Gasteiger partial charge is 0.383 e. The van der Waals surface area contributed by atoms with Gasteiger partial charge in [-0.1, -0.05) is 0 Å². The van der Waals surface area contributed by atoms with E-state index in [1.165, 1.54) is 0 Å². The average Bonchev–Trinajstić information content (AvgIpc) is 2.75. The van der Waals surface area contributed by atoms with Crippen molar-refractivity contribution in [2.75, 3.05) is 31.7 Å². The third-order valence-corrected chi connectivity index (χ3v) is 3.05. The second-order valence-electron chi connectivity index (χ2n) is 4.24. The maximum atomic E-state index is 5.89. The highest BCUT2D eigenvalue weighted by atomic mass is 16.5. The van der Waals surface area contributed by atoms with E-state index in [1.54, 1.807) is 7.11 Å². The lowest BCUT2D eigenvalue weighted by atomic mass is 10.1. The van der Waals surface area contributed by atoms with Crippen LogP contribution in [0.5, 0.6) is 0 Å². The third-order valence-electron chi connectivity index (χ3n) is 3.05. The maximum Gasteiger partial charge on any atom is 0.205 e. The molecule has 90 valence electrons. The van der Waals surface area contributed by atoms with Crippen LogP contribution in [0, 0.1) is 0 Å². The van der Waals surface area contributed by atoms with E-state index < -0.39 is 0 Å². The smallest absolute Gasteiger partial charge is 0.205 e. The van der Waals surface area contributed by atoms with Crippen LogP contribution in [0.25, 0.3) is 0 Å². The van der Waals surface area contributed by atoms with Gasteiger partial charge in [0.15, 0.2) is 0 Å². The molecule has 2 heterocycles. The average molecular weight is 224 g/mol. The van der Waals surface area contributed by atoms with Gasteiger partial charge in [0.25, 0.3) is 0 Å². The van der Waals surface area contributed by atoms with Crippen LogP contribution in [0.1, 0.15) is 12.8 Å². The molecular formula is C11H20N4O. The van der Waals surface area contributed by atoms with Crippen LogP contribution in [0.2, 0.25) is 0 Å². The molecule has 1 aromatic rings. The quantitative estimate of drug-likeness (QED) is 0.807. The monoisotopic (exact) mass is 224 g/mol. The maximum absolute atomic E-state index is 5.89. The number of ether oxygens (including phenoxy) is 1. The zero-order valence-corrected chi connectivity index (χ0v) is 9.80. The number of nitrogens with zero attached hydrogens (tertiary/aromatic N) is 3. The predicted octanol–water partition coefficient (Wildman–Crippen LogP) is 0.457. The van der Waals surface area contributed by atoms with Gasteiger partial charge in [0.2, 0.25) is 5.95 Å². The minimum Gasteiger partial charge on any atom is -0.383 e. The molecule has 0 radical (unpaired) electrons. The molecule has 0 aromatic carbocycles. The van der Waals surface area contributed by atoms with Gasteiger partial charge in [-0.2, -0.15) is 0 Å². The van der Waals surface area contributed by atoms with Crippen molar-refractivity contribution >= 4 is 5.95 Å². The standard InChI is InChI=1S/C11H20N4O/c1-16-9-8-15-7-4-13-11(15)14-5-2-10(12)3-6-14/h4,7,10H,2-3,5-6,8-9,12H2,1H3. The van der Waals surface area contributed by atoms with E-state index in [4.69, 9.17) is 10.5 Å². The number of hydrogen-bond donors (Lipinski definition) is 1. The minimum absolute atomic E-state index is 0.360. The number of hydrogen-bond acceptors (Lipinski definition) is 4. The summed E-state index contributed by atoms with van der Waals surface area (Å²) in [4.78, 5) is 6.71. The van der Waals surface area contributed by atoms with Crippen LogP contribution in [-0.2, 0) is 11.3 Å². The van der Waals surface area contributed by atoms with E-state index in [0.29, 0.717) is 6.04 Å². The summed E-state index contributed by atoms with van der Waals surface area (Å²) in [6.07, 6.45) is 5.96. The summed E-state index contributed by atoms with van der Waals surface area (Å²) in [7, 11) is 1.72. The zero-order valence-electron chi connectivity index (χ0n) is 9.80. The van der Waals surface area contributed by atoms with Crippen LogP contribution >= 0.6 is 0 Å². The molecular weight excluding hydrogens is 204 g/mol. The molecule has 0 aliphatic carbocycles. The molecule has 1 aliphatic heterocycles. The summed E-state index contributed by atoms with van der Waals surface area (Å²) < 4.78 is 7.23. The Morgan fingerprint density at radius 3 is 2.94 bits per heavy atom. The van der Waals surface area contributed by atoms with Gasteiger partial charge in [-0.15, -0.1) is 0 Å². The van der Waals surface area contributed by atoms with E-state index in [1.807, 2.05) is 12.4 Å². The molecule has 0 bridgehead atoms. The molecule has 16 heavy (non-hydrogen) atoms. The number of imidazole rings is 1. The molecule has 0 saturated carbocycles. The molecule has 1 fully saturated rings. The van der Waals surface area contributed by atoms with Crippen LogP contribution in [0.3, 0.4) is 0 Å². The van der Waals surface area contributed by atoms with Crippen LogP contribution in [0.15, 0.2) is 12.4 Å². The van der Waals surface area contributed by atoms with Gasteiger partial charge in [0.05, 0.1) is 6.61 Å². The summed E-state index contributed by atoms with van der Waals surface area (Å²) in [5.74, 6) is 1.05. The highest BCUT2D eigenvalue weighted by molar-refractivity contribution is 5.32. The third kappa shape index (κ3) is 2.54. The van der Waals surface area contributed by atoms with Crippen molar-refractivity contribution in [3.8, 4) is 0 Å². The van der Waals surface area contributed by atoms with Gasteiger partial charge in [0.1, 0.15) is 0 Å². The first-order chi connectivity index (χ1) is 7.81. The number of aromatic nitrogens is 2. The molecule has 1 aromatic heterocycles. The fourth-order valence-corrected chi connectivity index (χ4v) is 2.05. The van der Waals surface area contributed by atoms with Crippen molar-refractivity contribution in [1.82, 2.24) is 9.55 Å². The topological polar surface area (TPSA) is 56.3 Å². The van der Waals surface area contributed by atoms with E-state index in [0.717, 1.165) is 45.0 Å². The molecule has 0 amide bonds. The lowest BCUT2D eigenvalue weighted by Crippen LogP contribution is -2.40. The minimum atomic E-state index is 0.360. The lowest BCUT2D eigenvalue weighted by molar-refractivity contribution is 0.187. The van der Waals surface area contributed by atoms with Crippen LogP contribution in [0.4, 0.5) is 5.95 Å². The summed E-state index contributed by atoms with van der Waals surface area (Å²) >= 11 is 0. The first-order valence-corrected chi connectivity index (χ1v) is 5.82. The molecule has 5 heteroatoms. The predicted molar refractivity (Wildman–Crippen MR) is 63.5 cm³/mol. The first-order valence-electron chi connectivity index (χ1n) is 5.82. The first kappa shape index (κ1) is 11.4. The summed E-state index contributed by atoms with van der Waals surface area (Å²) in [5.41, 5.74) is 5.89. The number of rotatable bonds is 4. The molecule has 1 aliphatic rings. The Labute approximate surface area is 96.2 Å². The number of methoxy groups -OCH3 is 1. The number of piperidine rings is 1. The van der Waals surface area contributed by atoms with Gasteiger partial charge in [-0.25, -0.2) is 4.98 Å². The Balaban J connectivity index is 1.99. The Morgan fingerprint density at radius 1 is 1.50 bits per heavy atom. The molecule has 2 N–H and O–H groups in total. The van der Waals surface area contributed by atoms with Crippen molar-refractivity contribution in [3.05, 3.63) is 12.4 Å². The Kier molecular flexibility index (Phi) is 3.79. The van der Waals surface area contributed by atoms with Gasteiger partial charge in [0, 0.05) is 45.2 Å². The van der Waals surface area contributed by atoms with E-state index in [-0.39, 0.29) is 0 Å². The summed E-state index contributed by atoms with van der Waals surface area (Å²) in [6.45, 7) is 3.58. The van der Waals surface area contributed by atoms with Crippen molar-refractivity contribution in [3.63, 3.8) is 0 Å². The summed E-state index contributed by atoms with van der Waals surface area (Å²) in [6, 6.07) is 0.360. The normalized spacial score (nSPS) is 18.0. The SMILES string of the molecule is COCCn1ccnc1N1CCC(N)CC1. The van der Waals surface area contributed by atoms with Crippen molar-refractivity contribution in [2.24, 2.45) is 5.73 Å². The van der Waals surface area contributed by atoms with Gasteiger partial charge >= 0.3 is 0 Å². The lowest BCUT2D eigenvalue weighted by Gasteiger charge is -2.31. The second-order valence-corrected chi connectivity index (χ2v) is 4.24. The fourth-order valence-electron chi connectivity index (χ4n) is 2.05. The molecule has 0 spiro atoms. The van der Waals surface area contributed by atoms with Gasteiger partial charge in [-0.3, -0.25) is 0 Å². The Morgan fingerprint density at radius 2 is 2.25 bits per heavy atom. The molecule has 5 nitrogen and oxygen atoms in total. The van der Waals surface area contributed by atoms with Crippen LogP contribution in [-0.4, -0.2) is 42.4 Å². The molecule has 0 atom stereocenters. The molecule has 1 saturated heterocycles. The zero-order chi connectivity index (χ0) is 11.4. The van der Waals surface area contributed by atoms with Crippen molar-refractivity contribution < 1.29 is 4.74 Å². The van der Waals surface area contributed by atoms with Crippen molar-refractivity contribution in [2.45, 2.75) is 25.4 Å². The number of nitrogens with two attached hydrogens (primary N) is 1. The van der Waals surface area contributed by atoms with Crippen LogP contribution < -0.4 is 10.6 Å².